The van der Waals surface area contributed by atoms with Gasteiger partial charge in [-0.3, -0.25) is 19.2 Å². The highest BCUT2D eigenvalue weighted by Gasteiger charge is 2.23. The van der Waals surface area contributed by atoms with Crippen molar-refractivity contribution < 1.29 is 75.0 Å². The first-order valence-electron chi connectivity index (χ1n) is 24.0. The van der Waals surface area contributed by atoms with E-state index in [9.17, 15) is 37.5 Å². The normalized spacial score (nSPS) is 12.1. The van der Waals surface area contributed by atoms with Gasteiger partial charge in [-0.05, 0) is 58.2 Å². The van der Waals surface area contributed by atoms with Crippen LogP contribution in [0.25, 0.3) is 11.0 Å². The number of ether oxygens (including phenoxy) is 8. The highest BCUT2D eigenvalue weighted by Crippen LogP contribution is 2.27. The summed E-state index contributed by atoms with van der Waals surface area (Å²) < 4.78 is 74.5. The number of carbonyl (C=O) groups excluding carboxylic acids is 3. The number of thiazole rings is 1. The first-order chi connectivity index (χ1) is 33.7. The summed E-state index contributed by atoms with van der Waals surface area (Å²) in [5.41, 5.74) is 0.703. The van der Waals surface area contributed by atoms with Crippen LogP contribution < -0.4 is 15.8 Å². The molecule has 20 nitrogen and oxygen atoms in total. The third-order valence-electron chi connectivity index (χ3n) is 10.6. The minimum atomic E-state index is -3.58. The number of carboxylic acid groups (broad SMARTS) is 1. The van der Waals surface area contributed by atoms with Crippen LogP contribution in [0.2, 0.25) is 0 Å². The number of anilines is 2. The van der Waals surface area contributed by atoms with E-state index < -0.39 is 27.4 Å². The molecule has 0 aliphatic carbocycles. The second-order valence-electron chi connectivity index (χ2n) is 16.0. The van der Waals surface area contributed by atoms with Crippen molar-refractivity contribution in [2.24, 2.45) is 5.92 Å². The SMILES string of the molecule is CCN(CC)c1ccc2cc(C(=O)CCCCCC(CC(=O)CCOCCOCCOCCOCCOCCOCCOCCOCCCS(=O)(=O)c3nc(NC(C)=O)sc3C)C(=O)O)c(=O)oc2c1. The van der Waals surface area contributed by atoms with Gasteiger partial charge in [0.25, 0.3) is 0 Å². The van der Waals surface area contributed by atoms with Crippen LogP contribution in [-0.2, 0) is 62.1 Å². The van der Waals surface area contributed by atoms with Crippen LogP contribution in [0.1, 0.15) is 87.4 Å². The fourth-order valence-electron chi connectivity index (χ4n) is 6.91. The number of rotatable bonds is 43. The molecule has 3 aromatic rings. The molecule has 0 aliphatic rings. The summed E-state index contributed by atoms with van der Waals surface area (Å²) >= 11 is 1.12. The van der Waals surface area contributed by atoms with Crippen LogP contribution in [0.5, 0.6) is 0 Å². The maximum atomic E-state index is 12.8. The lowest BCUT2D eigenvalue weighted by atomic mass is 9.94. The summed E-state index contributed by atoms with van der Waals surface area (Å²) in [6.07, 6.45) is 2.35. The number of amides is 1. The Kier molecular flexibility index (Phi) is 30.0. The Hall–Kier alpha value is -4.23. The van der Waals surface area contributed by atoms with Gasteiger partial charge >= 0.3 is 11.6 Å². The van der Waals surface area contributed by atoms with Crippen LogP contribution in [0.3, 0.4) is 0 Å². The van der Waals surface area contributed by atoms with E-state index in [0.29, 0.717) is 134 Å². The quantitative estimate of drug-likeness (QED) is 0.0401. The standard InChI is InChI=1S/C48H73N3O17S2/c1-5-51(6-2)40-14-13-38-34-42(47(57)68-44(38)35-40)43(54)12-9-7-8-11-39(46(55)56)33-41(53)15-17-61-19-21-63-23-25-65-27-29-67-31-30-66-28-26-64-24-22-62-20-18-60-16-10-32-70(58,59)45-36(3)69-48(50-45)49-37(4)52/h13-14,34-35,39H,5-12,15-33H2,1-4H3,(H,55,56)(H,49,50,52). The average molecular weight is 1030 g/mol. The molecule has 0 fully saturated rings. The van der Waals surface area contributed by atoms with Gasteiger partial charge in [0.15, 0.2) is 25.8 Å². The van der Waals surface area contributed by atoms with Crippen LogP contribution in [-0.4, -0.2) is 167 Å². The molecule has 2 heterocycles. The van der Waals surface area contributed by atoms with Gasteiger partial charge in [-0.1, -0.05) is 12.8 Å². The number of fused-ring (bicyclic) bond motifs is 1. The number of nitrogens with one attached hydrogen (secondary N) is 1. The Labute approximate surface area is 414 Å². The summed E-state index contributed by atoms with van der Waals surface area (Å²) in [4.78, 5) is 67.7. The number of Topliss-reactive ketones (excluding diaryl/α,β-unsaturated/α-hetero) is 2. The average Bonchev–Trinajstić information content (AvgIpc) is 3.70. The number of aromatic nitrogens is 1. The van der Waals surface area contributed by atoms with E-state index in [1.54, 1.807) is 19.1 Å². The first-order valence-corrected chi connectivity index (χ1v) is 26.4. The zero-order chi connectivity index (χ0) is 51.0. The summed E-state index contributed by atoms with van der Waals surface area (Å²) in [5, 5.41) is 13.1. The Balaban J connectivity index is 1.05. The Morgan fingerprint density at radius 1 is 0.729 bits per heavy atom. The van der Waals surface area contributed by atoms with Crippen molar-refractivity contribution >= 4 is 66.4 Å². The van der Waals surface area contributed by atoms with Crippen LogP contribution in [0, 0.1) is 12.8 Å². The molecule has 1 atom stereocenters. The van der Waals surface area contributed by atoms with Gasteiger partial charge in [0, 0.05) is 67.9 Å². The number of carbonyl (C=O) groups is 4. The molecule has 3 rings (SSSR count). The third-order valence-corrected chi connectivity index (χ3v) is 13.4. The van der Waals surface area contributed by atoms with Crippen molar-refractivity contribution in [2.45, 2.75) is 84.1 Å². The van der Waals surface area contributed by atoms with Crippen molar-refractivity contribution in [1.29, 1.82) is 0 Å². The number of hydrogen-bond donors (Lipinski definition) is 2. The molecule has 0 saturated heterocycles. The first kappa shape index (κ1) is 60.1. The number of nitrogens with zero attached hydrogens (tertiary/aromatic N) is 2. The lowest BCUT2D eigenvalue weighted by molar-refractivity contribution is -0.144. The second kappa shape index (κ2) is 35.0. The molecular weight excluding hydrogens is 955 g/mol. The fraction of sp³-hybridized carbons (Fsp3) is 0.667. The van der Waals surface area contributed by atoms with Crippen LogP contribution >= 0.6 is 11.3 Å². The molecule has 394 valence electrons. The van der Waals surface area contributed by atoms with Gasteiger partial charge in [-0.15, -0.1) is 11.3 Å². The largest absolute Gasteiger partial charge is 0.481 e. The van der Waals surface area contributed by atoms with Crippen molar-refractivity contribution in [3.8, 4) is 0 Å². The second-order valence-corrected chi connectivity index (χ2v) is 19.3. The van der Waals surface area contributed by atoms with Gasteiger partial charge in [0.1, 0.15) is 16.9 Å². The Morgan fingerprint density at radius 3 is 1.77 bits per heavy atom. The fourth-order valence-corrected chi connectivity index (χ4v) is 9.59. The van der Waals surface area contributed by atoms with Crippen molar-refractivity contribution in [1.82, 2.24) is 4.98 Å². The van der Waals surface area contributed by atoms with Crippen molar-refractivity contribution in [3.63, 3.8) is 0 Å². The number of benzene rings is 1. The molecule has 0 radical (unpaired) electrons. The molecule has 0 spiro atoms. The lowest BCUT2D eigenvalue weighted by Gasteiger charge is -2.20. The summed E-state index contributed by atoms with van der Waals surface area (Å²) in [5.74, 6) is -2.79. The molecule has 2 aromatic heterocycles. The van der Waals surface area contributed by atoms with Crippen molar-refractivity contribution in [3.05, 3.63) is 45.1 Å². The smallest absolute Gasteiger partial charge is 0.347 e. The molecule has 1 amide bonds. The minimum Gasteiger partial charge on any atom is -0.481 e. The molecule has 70 heavy (non-hydrogen) atoms. The minimum absolute atomic E-state index is 0.00879. The zero-order valence-electron chi connectivity index (χ0n) is 41.2. The predicted molar refractivity (Wildman–Crippen MR) is 263 cm³/mol. The number of aryl methyl sites for hydroxylation is 1. The maximum Gasteiger partial charge on any atom is 0.347 e. The molecular formula is C48H73N3O17S2. The van der Waals surface area contributed by atoms with Gasteiger partial charge < -0.3 is 57.6 Å². The summed E-state index contributed by atoms with van der Waals surface area (Å²) in [6.45, 7) is 14.4. The highest BCUT2D eigenvalue weighted by atomic mass is 32.2. The lowest BCUT2D eigenvalue weighted by Crippen LogP contribution is -2.21. The maximum absolute atomic E-state index is 12.8. The van der Waals surface area contributed by atoms with Crippen LogP contribution in [0.4, 0.5) is 10.8 Å². The monoisotopic (exact) mass is 1030 g/mol. The van der Waals surface area contributed by atoms with E-state index >= 15 is 0 Å². The van der Waals surface area contributed by atoms with E-state index in [0.717, 1.165) is 30.1 Å². The number of hydrogen-bond acceptors (Lipinski definition) is 19. The van der Waals surface area contributed by atoms with Crippen LogP contribution in [0.15, 0.2) is 38.5 Å². The van der Waals surface area contributed by atoms with Gasteiger partial charge in [0.05, 0.1) is 111 Å². The highest BCUT2D eigenvalue weighted by molar-refractivity contribution is 7.91. The zero-order valence-corrected chi connectivity index (χ0v) is 42.8. The molecule has 2 N–H and O–H groups in total. The molecule has 1 aromatic carbocycles. The number of ketones is 2. The van der Waals surface area contributed by atoms with Gasteiger partial charge in [0.2, 0.25) is 5.91 Å². The molecule has 1 unspecified atom stereocenters. The van der Waals surface area contributed by atoms with Crippen molar-refractivity contribution in [2.75, 3.05) is 135 Å². The van der Waals surface area contributed by atoms with Gasteiger partial charge in [-0.25, -0.2) is 18.2 Å². The molecule has 22 heteroatoms. The molecule has 0 bridgehead atoms. The summed E-state index contributed by atoms with van der Waals surface area (Å²) in [6, 6.07) is 7.16. The van der Waals surface area contributed by atoms with E-state index in [4.69, 9.17) is 42.3 Å². The Bertz CT molecular complexity index is 2180. The molecule has 0 saturated carbocycles. The Morgan fingerprint density at radius 2 is 1.26 bits per heavy atom. The van der Waals surface area contributed by atoms with Gasteiger partial charge in [-0.2, -0.15) is 0 Å². The third kappa shape index (κ3) is 24.3. The summed E-state index contributed by atoms with van der Waals surface area (Å²) in [7, 11) is -3.58. The van der Waals surface area contributed by atoms with E-state index in [1.807, 2.05) is 26.0 Å². The number of carboxylic acids is 1. The topological polar surface area (TPSA) is 255 Å². The van der Waals surface area contributed by atoms with E-state index in [2.05, 4.69) is 15.2 Å². The van der Waals surface area contributed by atoms with E-state index in [-0.39, 0.29) is 78.0 Å². The predicted octanol–water partition coefficient (Wildman–Crippen LogP) is 5.54. The molecule has 0 aliphatic heterocycles. The van der Waals surface area contributed by atoms with E-state index in [1.165, 1.54) is 6.92 Å². The number of unbranched alkanes of at least 4 members (excludes halogenated alkanes) is 2. The number of sulfone groups is 1. The number of aliphatic carboxylic acids is 1.